The van der Waals surface area contributed by atoms with Gasteiger partial charge in [0.2, 0.25) is 11.6 Å². The third-order valence-corrected chi connectivity index (χ3v) is 5.81. The lowest BCUT2D eigenvalue weighted by molar-refractivity contribution is -0.154. The summed E-state index contributed by atoms with van der Waals surface area (Å²) in [7, 11) is 0. The van der Waals surface area contributed by atoms with Gasteiger partial charge < -0.3 is 25.5 Å². The SMILES string of the molecule is CCCCCCCCCCCCCCCCCC(=O)C(=O)[C@@H](O)[C@@H](O)[C@H](O)[C@H](O)CO. The molecule has 4 atom stereocenters. The summed E-state index contributed by atoms with van der Waals surface area (Å²) in [5.41, 5.74) is 0. The Hall–Kier alpha value is -0.860. The summed E-state index contributed by atoms with van der Waals surface area (Å²) in [6.45, 7) is 1.40. The van der Waals surface area contributed by atoms with E-state index < -0.39 is 42.6 Å². The second-order valence-corrected chi connectivity index (χ2v) is 8.66. The molecule has 0 saturated heterocycles. The van der Waals surface area contributed by atoms with E-state index in [1.807, 2.05) is 0 Å². The van der Waals surface area contributed by atoms with Gasteiger partial charge in [-0.15, -0.1) is 0 Å². The number of rotatable bonds is 22. The molecule has 0 rings (SSSR count). The van der Waals surface area contributed by atoms with Crippen molar-refractivity contribution in [2.45, 2.75) is 134 Å². The number of aliphatic hydroxyl groups excluding tert-OH is 5. The first-order valence-electron chi connectivity index (χ1n) is 12.3. The minimum absolute atomic E-state index is 0.0144. The van der Waals surface area contributed by atoms with Crippen LogP contribution in [0.15, 0.2) is 0 Å². The van der Waals surface area contributed by atoms with Crippen molar-refractivity contribution in [2.75, 3.05) is 6.61 Å². The maximum absolute atomic E-state index is 11.9. The predicted molar refractivity (Wildman–Crippen MR) is 121 cm³/mol. The Morgan fingerprint density at radius 1 is 0.613 bits per heavy atom. The highest BCUT2D eigenvalue weighted by atomic mass is 16.4. The monoisotopic (exact) mass is 446 g/mol. The zero-order valence-electron chi connectivity index (χ0n) is 19.4. The fourth-order valence-electron chi connectivity index (χ4n) is 3.62. The minimum Gasteiger partial charge on any atom is -0.394 e. The van der Waals surface area contributed by atoms with Crippen molar-refractivity contribution in [3.05, 3.63) is 0 Å². The van der Waals surface area contributed by atoms with Gasteiger partial charge in [0.05, 0.1) is 6.61 Å². The Bertz CT molecular complexity index is 455. The van der Waals surface area contributed by atoms with Crippen LogP contribution in [0.1, 0.15) is 110 Å². The van der Waals surface area contributed by atoms with Gasteiger partial charge in [0, 0.05) is 6.42 Å². The summed E-state index contributed by atoms with van der Waals surface area (Å²) in [4.78, 5) is 23.7. The van der Waals surface area contributed by atoms with Gasteiger partial charge in [-0.05, 0) is 6.42 Å². The normalized spacial score (nSPS) is 15.4. The van der Waals surface area contributed by atoms with Gasteiger partial charge in [-0.3, -0.25) is 9.59 Å². The van der Waals surface area contributed by atoms with E-state index in [9.17, 15) is 30.0 Å². The predicted octanol–water partition coefficient (Wildman–Crippen LogP) is 2.82. The summed E-state index contributed by atoms with van der Waals surface area (Å²) in [6, 6.07) is 0. The van der Waals surface area contributed by atoms with Crippen LogP contribution in [-0.4, -0.2) is 68.1 Å². The van der Waals surface area contributed by atoms with E-state index in [0.717, 1.165) is 19.3 Å². The van der Waals surface area contributed by atoms with E-state index in [2.05, 4.69) is 6.92 Å². The van der Waals surface area contributed by atoms with E-state index in [4.69, 9.17) is 5.11 Å². The van der Waals surface area contributed by atoms with E-state index in [0.29, 0.717) is 6.42 Å². The van der Waals surface area contributed by atoms with Gasteiger partial charge in [0.1, 0.15) is 24.4 Å². The summed E-state index contributed by atoms with van der Waals surface area (Å²) >= 11 is 0. The minimum atomic E-state index is -2.11. The zero-order valence-corrected chi connectivity index (χ0v) is 19.4. The van der Waals surface area contributed by atoms with Gasteiger partial charge >= 0.3 is 0 Å². The molecule has 7 nitrogen and oxygen atoms in total. The number of unbranched alkanes of at least 4 members (excludes halogenated alkanes) is 14. The van der Waals surface area contributed by atoms with Crippen molar-refractivity contribution in [1.29, 1.82) is 0 Å². The van der Waals surface area contributed by atoms with Crippen LogP contribution in [0, 0.1) is 0 Å². The number of carbonyl (C=O) groups is 2. The molecule has 0 aliphatic carbocycles. The van der Waals surface area contributed by atoms with E-state index in [1.54, 1.807) is 0 Å². The van der Waals surface area contributed by atoms with Crippen LogP contribution in [0.5, 0.6) is 0 Å². The topological polar surface area (TPSA) is 135 Å². The maximum Gasteiger partial charge on any atom is 0.229 e. The van der Waals surface area contributed by atoms with E-state index in [1.165, 1.54) is 70.6 Å². The molecule has 0 saturated carbocycles. The van der Waals surface area contributed by atoms with Crippen LogP contribution in [0.3, 0.4) is 0 Å². The van der Waals surface area contributed by atoms with Crippen molar-refractivity contribution >= 4 is 11.6 Å². The first kappa shape index (κ1) is 30.1. The molecule has 7 heteroatoms. The number of ketones is 2. The molecule has 0 radical (unpaired) electrons. The molecule has 0 amide bonds. The highest BCUT2D eigenvalue weighted by Gasteiger charge is 2.36. The molecule has 0 aromatic rings. The van der Waals surface area contributed by atoms with E-state index in [-0.39, 0.29) is 6.42 Å². The van der Waals surface area contributed by atoms with Crippen molar-refractivity contribution in [1.82, 2.24) is 0 Å². The van der Waals surface area contributed by atoms with Crippen molar-refractivity contribution in [3.8, 4) is 0 Å². The van der Waals surface area contributed by atoms with Crippen LogP contribution in [0.2, 0.25) is 0 Å². The fraction of sp³-hybridized carbons (Fsp3) is 0.917. The molecule has 0 aromatic heterocycles. The molecule has 31 heavy (non-hydrogen) atoms. The summed E-state index contributed by atoms with van der Waals surface area (Å²) in [6.07, 6.45) is 10.1. The third-order valence-electron chi connectivity index (χ3n) is 5.81. The highest BCUT2D eigenvalue weighted by molar-refractivity contribution is 6.38. The fourth-order valence-corrected chi connectivity index (χ4v) is 3.62. The highest BCUT2D eigenvalue weighted by Crippen LogP contribution is 2.14. The zero-order chi connectivity index (χ0) is 23.5. The van der Waals surface area contributed by atoms with Crippen molar-refractivity contribution < 1.29 is 35.1 Å². The molecule has 0 aliphatic heterocycles. The molecule has 0 aliphatic rings. The Morgan fingerprint density at radius 2 is 1.00 bits per heavy atom. The van der Waals surface area contributed by atoms with Crippen LogP contribution in [0.25, 0.3) is 0 Å². The Labute approximate surface area is 187 Å². The van der Waals surface area contributed by atoms with Crippen LogP contribution < -0.4 is 0 Å². The van der Waals surface area contributed by atoms with Crippen molar-refractivity contribution in [3.63, 3.8) is 0 Å². The Kier molecular flexibility index (Phi) is 19.2. The van der Waals surface area contributed by atoms with Crippen molar-refractivity contribution in [2.24, 2.45) is 0 Å². The largest absolute Gasteiger partial charge is 0.394 e. The lowest BCUT2D eigenvalue weighted by Gasteiger charge is -2.24. The van der Waals surface area contributed by atoms with Gasteiger partial charge in [-0.1, -0.05) is 96.8 Å². The molecule has 0 spiro atoms. The van der Waals surface area contributed by atoms with Crippen LogP contribution in [-0.2, 0) is 9.59 Å². The van der Waals surface area contributed by atoms with Gasteiger partial charge in [-0.25, -0.2) is 0 Å². The van der Waals surface area contributed by atoms with E-state index >= 15 is 0 Å². The standard InChI is InChI=1S/C24H46O7/c1-2-3-4-5-6-7-8-9-10-11-12-13-14-15-16-17-19(26)21(28)23(30)24(31)22(29)20(27)18-25/h20,22-25,27,29-31H,2-18H2,1H3/t20-,22-,23-,24+/m1/s1. The summed E-state index contributed by atoms with van der Waals surface area (Å²) in [5.74, 6) is -1.98. The third kappa shape index (κ3) is 14.8. The number of Topliss-reactive ketones (excluding diaryl/α,β-unsaturated/α-hetero) is 2. The first-order valence-corrected chi connectivity index (χ1v) is 12.3. The second-order valence-electron chi connectivity index (χ2n) is 8.66. The Balaban J connectivity index is 3.65. The van der Waals surface area contributed by atoms with Gasteiger partial charge in [0.15, 0.2) is 0 Å². The first-order chi connectivity index (χ1) is 14.9. The summed E-state index contributed by atoms with van der Waals surface area (Å²) in [5, 5.41) is 46.9. The smallest absolute Gasteiger partial charge is 0.229 e. The average Bonchev–Trinajstić information content (AvgIpc) is 2.78. The molecule has 0 heterocycles. The molecule has 5 N–H and O–H groups in total. The summed E-state index contributed by atoms with van der Waals surface area (Å²) < 4.78 is 0. The average molecular weight is 447 g/mol. The molecular weight excluding hydrogens is 400 g/mol. The number of hydrogen-bond acceptors (Lipinski definition) is 7. The number of hydrogen-bond donors (Lipinski definition) is 5. The molecular formula is C24H46O7. The maximum atomic E-state index is 11.9. The quantitative estimate of drug-likeness (QED) is 0.127. The van der Waals surface area contributed by atoms with Crippen LogP contribution >= 0.6 is 0 Å². The molecule has 0 aromatic carbocycles. The van der Waals surface area contributed by atoms with Crippen LogP contribution in [0.4, 0.5) is 0 Å². The molecule has 184 valence electrons. The molecule has 0 fully saturated rings. The van der Waals surface area contributed by atoms with Gasteiger partial charge in [-0.2, -0.15) is 0 Å². The lowest BCUT2D eigenvalue weighted by atomic mass is 9.96. The van der Waals surface area contributed by atoms with Gasteiger partial charge in [0.25, 0.3) is 0 Å². The molecule has 0 unspecified atom stereocenters. The lowest BCUT2D eigenvalue weighted by Crippen LogP contribution is -2.50. The number of aliphatic hydroxyl groups is 5. The molecule has 0 bridgehead atoms. The second kappa shape index (κ2) is 19.8. The Morgan fingerprint density at radius 3 is 1.39 bits per heavy atom. The number of carbonyl (C=O) groups excluding carboxylic acids is 2.